The predicted octanol–water partition coefficient (Wildman–Crippen LogP) is 6.64. The van der Waals surface area contributed by atoms with Crippen molar-refractivity contribution in [1.29, 1.82) is 0 Å². The SMILES string of the molecule is FC(F)(F)Sc1cccc(Nc2cc(-c3cccnc3)nc(NC3CCCCC3)n2)c1. The van der Waals surface area contributed by atoms with Crippen LogP contribution in [0.4, 0.5) is 30.6 Å². The zero-order valence-electron chi connectivity index (χ0n) is 16.7. The molecule has 0 bridgehead atoms. The number of alkyl halides is 3. The summed E-state index contributed by atoms with van der Waals surface area (Å²) in [7, 11) is 0. The Morgan fingerprint density at radius 2 is 1.81 bits per heavy atom. The van der Waals surface area contributed by atoms with Crippen LogP contribution in [0.2, 0.25) is 0 Å². The molecule has 31 heavy (non-hydrogen) atoms. The normalized spacial score (nSPS) is 14.9. The molecule has 0 spiro atoms. The maximum Gasteiger partial charge on any atom is 0.446 e. The van der Waals surface area contributed by atoms with Gasteiger partial charge in [0.25, 0.3) is 0 Å². The Kier molecular flexibility index (Phi) is 6.60. The minimum Gasteiger partial charge on any atom is -0.351 e. The zero-order valence-corrected chi connectivity index (χ0v) is 17.5. The number of anilines is 3. The fourth-order valence-corrected chi connectivity index (χ4v) is 4.19. The number of rotatable bonds is 6. The van der Waals surface area contributed by atoms with Crippen molar-refractivity contribution in [2.75, 3.05) is 10.6 Å². The summed E-state index contributed by atoms with van der Waals surface area (Å²) < 4.78 is 38.2. The highest BCUT2D eigenvalue weighted by molar-refractivity contribution is 8.00. The molecular weight excluding hydrogens is 423 g/mol. The van der Waals surface area contributed by atoms with Crippen molar-refractivity contribution in [2.45, 2.75) is 48.5 Å². The van der Waals surface area contributed by atoms with Crippen LogP contribution in [0.3, 0.4) is 0 Å². The van der Waals surface area contributed by atoms with E-state index in [1.54, 1.807) is 30.6 Å². The molecule has 1 aliphatic carbocycles. The Morgan fingerprint density at radius 1 is 0.968 bits per heavy atom. The number of halogens is 3. The van der Waals surface area contributed by atoms with Gasteiger partial charge in [-0.1, -0.05) is 25.3 Å². The molecule has 1 aliphatic rings. The first kappa shape index (κ1) is 21.4. The summed E-state index contributed by atoms with van der Waals surface area (Å²) in [6, 6.07) is 12.0. The average Bonchev–Trinajstić information content (AvgIpc) is 2.74. The second-order valence-electron chi connectivity index (χ2n) is 7.38. The van der Waals surface area contributed by atoms with Crippen LogP contribution in [0.5, 0.6) is 0 Å². The van der Waals surface area contributed by atoms with Crippen LogP contribution in [-0.2, 0) is 0 Å². The second kappa shape index (κ2) is 9.55. The van der Waals surface area contributed by atoms with Crippen LogP contribution in [0.25, 0.3) is 11.3 Å². The lowest BCUT2D eigenvalue weighted by Crippen LogP contribution is -2.23. The van der Waals surface area contributed by atoms with E-state index in [1.165, 1.54) is 31.4 Å². The third-order valence-electron chi connectivity index (χ3n) is 4.96. The molecule has 4 rings (SSSR count). The molecule has 0 unspecified atom stereocenters. The fraction of sp³-hybridized carbons (Fsp3) is 0.318. The van der Waals surface area contributed by atoms with Gasteiger partial charge in [-0.3, -0.25) is 4.98 Å². The molecule has 9 heteroatoms. The van der Waals surface area contributed by atoms with E-state index < -0.39 is 5.51 Å². The lowest BCUT2D eigenvalue weighted by atomic mass is 9.96. The largest absolute Gasteiger partial charge is 0.446 e. The Balaban J connectivity index is 1.61. The van der Waals surface area contributed by atoms with Gasteiger partial charge in [0, 0.05) is 40.6 Å². The standard InChI is InChI=1S/C22H22F3N5S/c23-22(24,25)31-18-10-4-9-17(12-18)27-20-13-19(15-6-5-11-26-14-15)29-21(30-20)28-16-7-2-1-3-8-16/h4-6,9-14,16H,1-3,7-8H2,(H2,27,28,29,30). The van der Waals surface area contributed by atoms with Crippen molar-refractivity contribution >= 4 is 29.2 Å². The lowest BCUT2D eigenvalue weighted by Gasteiger charge is -2.23. The first-order chi connectivity index (χ1) is 14.9. The summed E-state index contributed by atoms with van der Waals surface area (Å²) in [5, 5.41) is 6.55. The Morgan fingerprint density at radius 3 is 2.55 bits per heavy atom. The van der Waals surface area contributed by atoms with Gasteiger partial charge in [0.15, 0.2) is 0 Å². The monoisotopic (exact) mass is 445 g/mol. The molecule has 2 heterocycles. The van der Waals surface area contributed by atoms with E-state index in [0.717, 1.165) is 18.4 Å². The van der Waals surface area contributed by atoms with E-state index in [2.05, 4.69) is 25.6 Å². The zero-order chi connectivity index (χ0) is 21.7. The minimum absolute atomic E-state index is 0.111. The number of benzene rings is 1. The van der Waals surface area contributed by atoms with Crippen LogP contribution in [0.1, 0.15) is 32.1 Å². The molecule has 1 aromatic carbocycles. The minimum atomic E-state index is -4.34. The van der Waals surface area contributed by atoms with Crippen LogP contribution in [-0.4, -0.2) is 26.5 Å². The van der Waals surface area contributed by atoms with Gasteiger partial charge in [0.1, 0.15) is 5.82 Å². The number of nitrogens with one attached hydrogen (secondary N) is 2. The van der Waals surface area contributed by atoms with E-state index in [0.29, 0.717) is 29.2 Å². The maximum absolute atomic E-state index is 12.7. The summed E-state index contributed by atoms with van der Waals surface area (Å²) in [5.74, 6) is 0.998. The summed E-state index contributed by atoms with van der Waals surface area (Å²) in [4.78, 5) is 13.5. The summed E-state index contributed by atoms with van der Waals surface area (Å²) >= 11 is -0.141. The van der Waals surface area contributed by atoms with Gasteiger partial charge in [-0.25, -0.2) is 4.98 Å². The van der Waals surface area contributed by atoms with Crippen molar-refractivity contribution in [3.63, 3.8) is 0 Å². The van der Waals surface area contributed by atoms with E-state index in [9.17, 15) is 13.2 Å². The number of thioether (sulfide) groups is 1. The number of pyridine rings is 1. The molecule has 0 amide bonds. The first-order valence-corrected chi connectivity index (χ1v) is 11.0. The molecule has 2 aromatic heterocycles. The molecule has 3 aromatic rings. The molecule has 0 aliphatic heterocycles. The molecule has 2 N–H and O–H groups in total. The molecule has 0 atom stereocenters. The number of nitrogens with zero attached hydrogens (tertiary/aromatic N) is 3. The van der Waals surface area contributed by atoms with E-state index >= 15 is 0 Å². The summed E-state index contributed by atoms with van der Waals surface area (Å²) in [6.07, 6.45) is 9.14. The smallest absolute Gasteiger partial charge is 0.351 e. The summed E-state index contributed by atoms with van der Waals surface area (Å²) in [5.41, 5.74) is -2.29. The van der Waals surface area contributed by atoms with Crippen molar-refractivity contribution in [2.24, 2.45) is 0 Å². The van der Waals surface area contributed by atoms with Crippen molar-refractivity contribution in [3.8, 4) is 11.3 Å². The maximum atomic E-state index is 12.7. The highest BCUT2D eigenvalue weighted by Crippen LogP contribution is 2.38. The van der Waals surface area contributed by atoms with Gasteiger partial charge >= 0.3 is 5.51 Å². The van der Waals surface area contributed by atoms with E-state index in [1.807, 2.05) is 12.1 Å². The molecular formula is C22H22F3N5S. The van der Waals surface area contributed by atoms with Crippen LogP contribution < -0.4 is 10.6 Å². The van der Waals surface area contributed by atoms with E-state index in [-0.39, 0.29) is 16.7 Å². The van der Waals surface area contributed by atoms with Gasteiger partial charge in [0.05, 0.1) is 5.69 Å². The van der Waals surface area contributed by atoms with Crippen molar-refractivity contribution < 1.29 is 13.2 Å². The molecule has 0 saturated heterocycles. The molecule has 1 saturated carbocycles. The Bertz CT molecular complexity index is 1010. The second-order valence-corrected chi connectivity index (χ2v) is 8.52. The van der Waals surface area contributed by atoms with Gasteiger partial charge in [0.2, 0.25) is 5.95 Å². The Labute approximate surface area is 182 Å². The van der Waals surface area contributed by atoms with Gasteiger partial charge in [-0.05, 0) is 54.9 Å². The van der Waals surface area contributed by atoms with Gasteiger partial charge < -0.3 is 10.6 Å². The van der Waals surface area contributed by atoms with Crippen LogP contribution >= 0.6 is 11.8 Å². The molecule has 1 fully saturated rings. The number of hydrogen-bond acceptors (Lipinski definition) is 6. The highest BCUT2D eigenvalue weighted by atomic mass is 32.2. The Hall–Kier alpha value is -2.81. The number of aromatic nitrogens is 3. The van der Waals surface area contributed by atoms with Gasteiger partial charge in [-0.15, -0.1) is 0 Å². The van der Waals surface area contributed by atoms with Gasteiger partial charge in [-0.2, -0.15) is 18.2 Å². The molecule has 162 valence electrons. The van der Waals surface area contributed by atoms with Crippen molar-refractivity contribution in [3.05, 3.63) is 54.9 Å². The quantitative estimate of drug-likeness (QED) is 0.415. The number of hydrogen-bond donors (Lipinski definition) is 2. The molecule has 5 nitrogen and oxygen atoms in total. The van der Waals surface area contributed by atoms with Crippen molar-refractivity contribution in [1.82, 2.24) is 15.0 Å². The average molecular weight is 446 g/mol. The predicted molar refractivity (Wildman–Crippen MR) is 117 cm³/mol. The molecule has 0 radical (unpaired) electrons. The fourth-order valence-electron chi connectivity index (χ4n) is 3.59. The lowest BCUT2D eigenvalue weighted by molar-refractivity contribution is -0.0328. The van der Waals surface area contributed by atoms with Crippen LogP contribution in [0, 0.1) is 0 Å². The highest BCUT2D eigenvalue weighted by Gasteiger charge is 2.29. The summed E-state index contributed by atoms with van der Waals surface area (Å²) in [6.45, 7) is 0. The first-order valence-electron chi connectivity index (χ1n) is 10.1. The third kappa shape index (κ3) is 6.33. The van der Waals surface area contributed by atoms with Crippen LogP contribution in [0.15, 0.2) is 59.8 Å². The topological polar surface area (TPSA) is 62.7 Å². The van der Waals surface area contributed by atoms with E-state index in [4.69, 9.17) is 0 Å². The third-order valence-corrected chi connectivity index (χ3v) is 5.68.